The largest absolute Gasteiger partial charge is 1.00 e. The molecule has 5 saturated heterocycles. The second-order valence-electron chi connectivity index (χ2n) is 42.4. The number of methoxy groups -OCH3 is 1. The summed E-state index contributed by atoms with van der Waals surface area (Å²) in [6, 6.07) is -6.10. The summed E-state index contributed by atoms with van der Waals surface area (Å²) in [6.45, 7) is 59.3. The van der Waals surface area contributed by atoms with Gasteiger partial charge in [-0.3, -0.25) is 38.7 Å². The van der Waals surface area contributed by atoms with Crippen LogP contribution in [0.3, 0.4) is 0 Å². The summed E-state index contributed by atoms with van der Waals surface area (Å²) in [7, 11) is 1.25. The number of nitrogens with zero attached hydrogens (tertiary/aromatic N) is 4. The van der Waals surface area contributed by atoms with E-state index in [1.165, 1.54) is 21.8 Å². The van der Waals surface area contributed by atoms with Gasteiger partial charge >= 0.3 is 91.1 Å². The number of hydrogen-bond donors (Lipinski definition) is 14. The van der Waals surface area contributed by atoms with Crippen LogP contribution in [0, 0.1) is 34.5 Å². The third-order valence-corrected chi connectivity index (χ3v) is 22.5. The van der Waals surface area contributed by atoms with Gasteiger partial charge in [0.2, 0.25) is 23.6 Å². The molecule has 5 aliphatic heterocycles. The number of likely N-dealkylation sites (tertiary alicyclic amines) is 4. The molecule has 0 aromatic heterocycles. The Kier molecular flexibility index (Phi) is 59.1. The average molecular weight is 2130 g/mol. The van der Waals surface area contributed by atoms with Crippen LogP contribution in [0.4, 0.5) is 24.0 Å². The number of nitrogens with two attached hydrogens (primary N) is 1. The maximum Gasteiger partial charge on any atom is 1.00 e. The number of carboxylic acids is 2. The number of aliphatic hydroxyl groups is 5. The van der Waals surface area contributed by atoms with Crippen LogP contribution in [-0.2, 0) is 100 Å². The second kappa shape index (κ2) is 59.6. The standard InChI is InChI=1S/C24H39N3O7.C18H28N2O6.C13H20N2O4.C11H19NO5.C11H21NO4.C10H17NO5.C8H13NO2.2CH4.2ClH.Li.2H2O/c1-9-14-12-24(14,20(31)33-10-2)26-18(29)16-11-15(28)13-27(16)19(30)17(22(3,4)5)25-21(32)34-23(6,7)8;1-6-11-9-18(11,15(23)25-7-2)19-14(22)13-8-12(21)10-20(13)16(24)26-17(3,4)5;1-3-8-6-13(8,12(18)19-4-2)15-11(17)10-5-9(16)7-14-10;1-11(2,3)17-10(15)12-6-7(13)5-8(12)9(14)16-4;1-10(2,3)7(8(13)14)12-9(15)16-11(4,5)6;1-10(2,3)16-9(15)11-5-6(12)4-7(11)8(13)14;1-3-6-5-8(6,9)7(10)11-4-2;;;;;;;/h9,14-17,28H,1,10-13H2,2-8H3,(H,25,32)(H,26,29);6,11-13,21H,1,7-10H2,2-5H3,(H,19,22);3,8-10,14,16H,1,4-7H2,2H3,(H,15,17);7-8,13H,5-6H2,1-4H3;7H,1-6H3,(H,12,15)(H,13,14);6-7,12H,4-5H2,1-3H3,(H,13,14);3,6H,1,4-5,9H2,2H3;2*1H4;2*1H;;2*1H2/q;;;;;;;;;;;+1;;/p-1/t14-,15+,16+,17-,24-;11-,12+,13+,18-;8-,9+,10+,13-;7-,8-;7-;6-,7-;6-,8-;;;;;;;/m1110101......./s1. The Morgan fingerprint density at radius 1 is 0.411 bits per heavy atom. The van der Waals surface area contributed by atoms with Gasteiger partial charge in [0.1, 0.15) is 86.4 Å². The Hall–Kier alpha value is -9.70. The molecule has 0 aromatic carbocycles. The molecule has 146 heavy (non-hydrogen) atoms. The fraction of sp³-hybridized carbons (Fsp3) is 0.753. The van der Waals surface area contributed by atoms with E-state index in [-0.39, 0.29) is 177 Å². The molecule has 838 valence electrons. The van der Waals surface area contributed by atoms with E-state index in [0.29, 0.717) is 45.3 Å². The normalized spacial score (nSPS) is 26.4. The Bertz CT molecular complexity index is 4370. The Balaban J connectivity index is -0.000000539. The zero-order valence-electron chi connectivity index (χ0n) is 88.5. The van der Waals surface area contributed by atoms with E-state index in [1.54, 1.807) is 197 Å². The van der Waals surface area contributed by atoms with Crippen LogP contribution < -0.4 is 56.5 Å². The van der Waals surface area contributed by atoms with Crippen molar-refractivity contribution in [1.29, 1.82) is 0 Å². The number of amides is 9. The van der Waals surface area contributed by atoms with Crippen LogP contribution >= 0.6 is 24.8 Å². The van der Waals surface area contributed by atoms with Crippen molar-refractivity contribution in [3.63, 3.8) is 0 Å². The third-order valence-electron chi connectivity index (χ3n) is 22.5. The molecule has 4 saturated carbocycles. The predicted molar refractivity (Wildman–Crippen MR) is 536 cm³/mol. The van der Waals surface area contributed by atoms with Gasteiger partial charge in [-0.25, -0.2) is 52.7 Å². The van der Waals surface area contributed by atoms with Gasteiger partial charge in [-0.15, -0.1) is 51.1 Å². The molecular weight excluding hydrogens is 1960 g/mol. The smallest absolute Gasteiger partial charge is 0.870 e. The van der Waals surface area contributed by atoms with E-state index in [4.69, 9.17) is 58.6 Å². The molecule has 49 heteroatoms. The molecule has 0 bridgehead atoms. The van der Waals surface area contributed by atoms with Crippen LogP contribution in [0.15, 0.2) is 50.6 Å². The quantitative estimate of drug-likeness (QED) is 0.0285. The number of β-amino-alcohol motifs (C(OH)–C–C–N with tert-alkyl or cyclic N) is 5. The van der Waals surface area contributed by atoms with E-state index >= 15 is 0 Å². The number of nitrogens with one attached hydrogen (secondary N) is 6. The van der Waals surface area contributed by atoms with Crippen LogP contribution in [0.5, 0.6) is 0 Å². The minimum Gasteiger partial charge on any atom is -0.870 e. The summed E-state index contributed by atoms with van der Waals surface area (Å²) in [5.41, 5.74) is -3.06. The zero-order valence-corrected chi connectivity index (χ0v) is 90.1. The molecule has 5 heterocycles. The SMILES string of the molecule is C.C.C=C[C@@H]1C[C@]1(N)C(=O)OCC.C=C[C@@H]1C[C@]1(NC(=O)[C@@H]1C[C@H](O)CN1)C(=O)OCC.C=C[C@@H]1C[C@]1(NC(=O)[C@@H]1C[C@H](O)CN1C(=O)OC(C)(C)C)C(=O)OCC.C=C[C@@H]1C[C@]1(NC(=O)[C@@H]1C[C@H](O)CN1C(=O)[C@@H](NC(=O)OC(C)(C)C)C(C)(C)C)C(=O)OCC.CC(C)(C)OC(=O)N1C[C@@H](O)C[C@H]1C(=O)O.CC(C)(C)OC(=O)N[C@H](C(=O)O)C(C)(C)C.COC(=O)[C@@H]1C[C@H](O)CN1C(=O)OC(C)(C)C.Cl.Cl.O.[Li+].[OH-]. The molecule has 4 aliphatic carbocycles. The topological polar surface area (TPSA) is 680 Å². The molecule has 9 aliphatic rings. The minimum atomic E-state index is -1.21. The van der Waals surface area contributed by atoms with Crippen LogP contribution in [0.2, 0.25) is 0 Å². The van der Waals surface area contributed by atoms with Gasteiger partial charge in [0.15, 0.2) is 0 Å². The number of esters is 5. The summed E-state index contributed by atoms with van der Waals surface area (Å²) in [5, 5.41) is 82.5. The van der Waals surface area contributed by atoms with Crippen LogP contribution in [-0.4, -0.2) is 351 Å². The molecule has 9 amide bonds. The number of hydrogen-bond acceptors (Lipinski definition) is 34. The Morgan fingerprint density at radius 3 is 0.959 bits per heavy atom. The van der Waals surface area contributed by atoms with Gasteiger partial charge in [-0.2, -0.15) is 0 Å². The first-order chi connectivity index (χ1) is 63.6. The Morgan fingerprint density at radius 2 is 0.692 bits per heavy atom. The number of ether oxygens (including phenoxy) is 10. The predicted octanol–water partition coefficient (Wildman–Crippen LogP) is 3.38. The fourth-order valence-electron chi connectivity index (χ4n) is 15.2. The maximum absolute atomic E-state index is 13.5. The van der Waals surface area contributed by atoms with Crippen molar-refractivity contribution in [2.75, 3.05) is 66.3 Å². The molecule has 0 radical (unpaired) electrons. The van der Waals surface area contributed by atoms with Gasteiger partial charge in [0, 0.05) is 62.4 Å². The molecule has 0 spiro atoms. The first-order valence-corrected chi connectivity index (χ1v) is 46.5. The fourth-order valence-corrected chi connectivity index (χ4v) is 15.2. The van der Waals surface area contributed by atoms with E-state index in [1.807, 2.05) is 0 Å². The number of carbonyl (C=O) groups excluding carboxylic acids is 14. The van der Waals surface area contributed by atoms with Gasteiger partial charge in [-0.1, -0.05) is 80.7 Å². The molecule has 46 nitrogen and oxygen atoms in total. The number of carbonyl (C=O) groups is 16. The van der Waals surface area contributed by atoms with Crippen molar-refractivity contribution in [2.45, 2.75) is 369 Å². The van der Waals surface area contributed by atoms with Crippen molar-refractivity contribution in [3.05, 3.63) is 50.6 Å². The summed E-state index contributed by atoms with van der Waals surface area (Å²) in [5.74, 6) is -6.83. The molecule has 9 rings (SSSR count). The van der Waals surface area contributed by atoms with E-state index in [2.05, 4.69) is 63.0 Å². The zero-order chi connectivity index (χ0) is 107. The van der Waals surface area contributed by atoms with Gasteiger partial charge < -0.3 is 137 Å². The molecule has 0 aromatic rings. The van der Waals surface area contributed by atoms with Crippen LogP contribution in [0.1, 0.15) is 246 Å². The number of halogens is 2. The molecule has 20 atom stereocenters. The van der Waals surface area contributed by atoms with Crippen molar-refractivity contribution in [2.24, 2.45) is 40.2 Å². The number of aliphatic hydroxyl groups excluding tert-OH is 5. The number of alkyl carbamates (subject to hydrolysis) is 2. The molecule has 9 fully saturated rings. The van der Waals surface area contributed by atoms with Crippen molar-refractivity contribution >= 4 is 121 Å². The Labute approximate surface area is 883 Å². The van der Waals surface area contributed by atoms with E-state index < -0.39 is 218 Å². The summed E-state index contributed by atoms with van der Waals surface area (Å²) >= 11 is 0. The van der Waals surface area contributed by atoms with E-state index in [9.17, 15) is 102 Å². The van der Waals surface area contributed by atoms with Crippen molar-refractivity contribution in [1.82, 2.24) is 51.5 Å². The summed E-state index contributed by atoms with van der Waals surface area (Å²) in [4.78, 5) is 197. The second-order valence-corrected chi connectivity index (χ2v) is 42.4. The molecule has 18 N–H and O–H groups in total. The van der Waals surface area contributed by atoms with Gasteiger partial charge in [0.25, 0.3) is 0 Å². The number of carboxylic acid groups (broad SMARTS) is 2. The van der Waals surface area contributed by atoms with Crippen molar-refractivity contribution < 1.29 is 190 Å². The summed E-state index contributed by atoms with van der Waals surface area (Å²) < 4.78 is 50.4. The van der Waals surface area contributed by atoms with Gasteiger partial charge in [0.05, 0.1) is 89.7 Å². The van der Waals surface area contributed by atoms with Gasteiger partial charge in [-0.05, 0) is 174 Å². The third kappa shape index (κ3) is 43.8. The number of aliphatic carboxylic acids is 2. The maximum atomic E-state index is 13.5. The van der Waals surface area contributed by atoms with Crippen molar-refractivity contribution in [3.8, 4) is 0 Å². The molecule has 0 unspecified atom stereocenters. The average Bonchev–Trinajstić information content (AvgIpc) is 1.53. The first-order valence-electron chi connectivity index (χ1n) is 46.5. The van der Waals surface area contributed by atoms with E-state index in [0.717, 1.165) is 4.90 Å². The van der Waals surface area contributed by atoms with Crippen LogP contribution in [0.25, 0.3) is 0 Å². The summed E-state index contributed by atoms with van der Waals surface area (Å²) in [6.07, 6.45) is 2.00. The number of rotatable bonds is 24. The monoisotopic (exact) mass is 2130 g/mol. The molecular formula is C97H170Cl2LiN11O35. The first kappa shape index (κ1) is 145. The minimum absolute atomic E-state index is 0.